The summed E-state index contributed by atoms with van der Waals surface area (Å²) in [5, 5.41) is 17.9. The summed E-state index contributed by atoms with van der Waals surface area (Å²) >= 11 is 0. The van der Waals surface area contributed by atoms with Crippen molar-refractivity contribution in [2.24, 2.45) is 0 Å². The van der Waals surface area contributed by atoms with Gasteiger partial charge < -0.3 is 30.1 Å². The van der Waals surface area contributed by atoms with E-state index in [-0.39, 0.29) is 0 Å². The quantitative estimate of drug-likeness (QED) is 0.351. The summed E-state index contributed by atoms with van der Waals surface area (Å²) in [4.78, 5) is 21.7. The van der Waals surface area contributed by atoms with Crippen molar-refractivity contribution in [3.8, 4) is 17.0 Å². The number of carboxylic acid groups (broad SMARTS) is 1. The third-order valence-electron chi connectivity index (χ3n) is 5.30. The lowest BCUT2D eigenvalue weighted by Crippen LogP contribution is -2.32. The largest absolute Gasteiger partial charge is 0.497 e. The third kappa shape index (κ3) is 6.45. The van der Waals surface area contributed by atoms with Gasteiger partial charge in [0.1, 0.15) is 5.75 Å². The van der Waals surface area contributed by atoms with Crippen LogP contribution in [0.15, 0.2) is 42.6 Å². The number of aromatic nitrogens is 2. The van der Waals surface area contributed by atoms with Crippen LogP contribution in [-0.2, 0) is 4.74 Å². The molecule has 0 unspecified atom stereocenters. The van der Waals surface area contributed by atoms with Crippen LogP contribution in [0.4, 0.5) is 16.4 Å². The molecule has 9 nitrogen and oxygen atoms in total. The Morgan fingerprint density at radius 2 is 1.94 bits per heavy atom. The zero-order chi connectivity index (χ0) is 23.6. The summed E-state index contributed by atoms with van der Waals surface area (Å²) < 4.78 is 10.4. The molecular formula is C24H31N5O4. The summed E-state index contributed by atoms with van der Waals surface area (Å²) in [7, 11) is 5.05. The summed E-state index contributed by atoms with van der Waals surface area (Å²) in [5.74, 6) is 1.33. The lowest BCUT2D eigenvalue weighted by Gasteiger charge is -2.19. The van der Waals surface area contributed by atoms with Gasteiger partial charge in [-0.15, -0.1) is 0 Å². The first-order valence-electron chi connectivity index (χ1n) is 10.9. The maximum atomic E-state index is 11.5. The lowest BCUT2D eigenvalue weighted by molar-refractivity contribution is 0.134. The SMILES string of the molecule is CNc1nccc(-c2cc(NCCCN(CCCOC)C(=O)O)c3cc(OC)ccc3c2)n1. The Hall–Kier alpha value is -3.59. The molecule has 3 N–H and O–H groups in total. The Morgan fingerprint density at radius 3 is 2.67 bits per heavy atom. The van der Waals surface area contributed by atoms with Crippen LogP contribution in [0.1, 0.15) is 12.8 Å². The first-order valence-corrected chi connectivity index (χ1v) is 10.9. The highest BCUT2D eigenvalue weighted by molar-refractivity contribution is 5.98. The molecule has 0 radical (unpaired) electrons. The van der Waals surface area contributed by atoms with Crippen molar-refractivity contribution in [1.82, 2.24) is 14.9 Å². The first-order chi connectivity index (χ1) is 16.0. The van der Waals surface area contributed by atoms with Gasteiger partial charge in [-0.2, -0.15) is 0 Å². The first kappa shape index (κ1) is 24.1. The fourth-order valence-electron chi connectivity index (χ4n) is 3.59. The van der Waals surface area contributed by atoms with E-state index in [2.05, 4.69) is 32.7 Å². The van der Waals surface area contributed by atoms with E-state index in [9.17, 15) is 9.90 Å². The number of hydrogen-bond acceptors (Lipinski definition) is 7. The number of ether oxygens (including phenoxy) is 2. The number of hydrogen-bond donors (Lipinski definition) is 3. The number of rotatable bonds is 12. The highest BCUT2D eigenvalue weighted by Crippen LogP contribution is 2.33. The molecule has 1 heterocycles. The van der Waals surface area contributed by atoms with Crippen LogP contribution in [0.2, 0.25) is 0 Å². The van der Waals surface area contributed by atoms with Gasteiger partial charge in [0.15, 0.2) is 0 Å². The van der Waals surface area contributed by atoms with Crippen LogP contribution < -0.4 is 15.4 Å². The second kappa shape index (κ2) is 11.9. The zero-order valence-electron chi connectivity index (χ0n) is 19.3. The van der Waals surface area contributed by atoms with Gasteiger partial charge in [-0.25, -0.2) is 14.8 Å². The molecule has 0 aliphatic rings. The minimum Gasteiger partial charge on any atom is -0.497 e. The molecule has 0 spiro atoms. The van der Waals surface area contributed by atoms with E-state index in [0.717, 1.165) is 33.5 Å². The van der Waals surface area contributed by atoms with E-state index in [4.69, 9.17) is 9.47 Å². The molecule has 3 rings (SSSR count). The Morgan fingerprint density at radius 1 is 1.12 bits per heavy atom. The molecule has 33 heavy (non-hydrogen) atoms. The molecule has 176 valence electrons. The lowest BCUT2D eigenvalue weighted by atomic mass is 10.0. The predicted molar refractivity (Wildman–Crippen MR) is 130 cm³/mol. The molecule has 9 heteroatoms. The normalized spacial score (nSPS) is 10.8. The average molecular weight is 454 g/mol. The summed E-state index contributed by atoms with van der Waals surface area (Å²) in [6, 6.07) is 12.0. The molecule has 0 fully saturated rings. The van der Waals surface area contributed by atoms with Crippen molar-refractivity contribution in [3.05, 3.63) is 42.6 Å². The number of nitrogens with zero attached hydrogens (tertiary/aromatic N) is 3. The average Bonchev–Trinajstić information content (AvgIpc) is 2.84. The van der Waals surface area contributed by atoms with Gasteiger partial charge in [-0.3, -0.25) is 0 Å². The molecule has 2 aromatic carbocycles. The highest BCUT2D eigenvalue weighted by Gasteiger charge is 2.12. The van der Waals surface area contributed by atoms with Gasteiger partial charge >= 0.3 is 6.09 Å². The van der Waals surface area contributed by atoms with E-state index >= 15 is 0 Å². The predicted octanol–water partition coefficient (Wildman–Crippen LogP) is 4.17. The number of methoxy groups -OCH3 is 2. The Kier molecular flexibility index (Phi) is 8.65. The Balaban J connectivity index is 1.80. The van der Waals surface area contributed by atoms with Crippen LogP contribution in [0.3, 0.4) is 0 Å². The van der Waals surface area contributed by atoms with Crippen molar-refractivity contribution in [3.63, 3.8) is 0 Å². The molecule has 0 saturated carbocycles. The van der Waals surface area contributed by atoms with Gasteiger partial charge in [-0.05, 0) is 48.6 Å². The van der Waals surface area contributed by atoms with E-state index < -0.39 is 6.09 Å². The standard InChI is InChI=1S/C24H31N5O4/c1-25-23-27-10-8-21(28-23)18-14-17-6-7-19(33-3)16-20(17)22(15-18)26-9-4-11-29(24(30)31)12-5-13-32-2/h6-8,10,14-16,26H,4-5,9,11-13H2,1-3H3,(H,30,31)(H,25,27,28). The molecule has 0 atom stereocenters. The second-order valence-electron chi connectivity index (χ2n) is 7.52. The van der Waals surface area contributed by atoms with Crippen molar-refractivity contribution < 1.29 is 19.4 Å². The molecule has 0 aliphatic heterocycles. The van der Waals surface area contributed by atoms with Gasteiger partial charge in [0.05, 0.1) is 12.8 Å². The number of carbonyl (C=O) groups is 1. The number of amides is 1. The van der Waals surface area contributed by atoms with Crippen LogP contribution in [0, 0.1) is 0 Å². The Bertz CT molecular complexity index is 1080. The molecule has 1 amide bonds. The number of fused-ring (bicyclic) bond motifs is 1. The van der Waals surface area contributed by atoms with Crippen molar-refractivity contribution >= 4 is 28.5 Å². The fourth-order valence-corrected chi connectivity index (χ4v) is 3.59. The third-order valence-corrected chi connectivity index (χ3v) is 5.30. The topological polar surface area (TPSA) is 109 Å². The van der Waals surface area contributed by atoms with Crippen LogP contribution in [-0.4, -0.2) is 73.6 Å². The number of benzene rings is 2. The molecule has 0 saturated heterocycles. The Labute approximate surface area is 193 Å². The minimum absolute atomic E-state index is 0.449. The zero-order valence-corrected chi connectivity index (χ0v) is 19.3. The molecule has 0 aliphatic carbocycles. The van der Waals surface area contributed by atoms with Crippen LogP contribution in [0.5, 0.6) is 5.75 Å². The molecule has 0 bridgehead atoms. The summed E-state index contributed by atoms with van der Waals surface area (Å²) in [5.41, 5.74) is 2.71. The van der Waals surface area contributed by atoms with Gasteiger partial charge in [0.2, 0.25) is 5.95 Å². The molecular weight excluding hydrogens is 422 g/mol. The smallest absolute Gasteiger partial charge is 0.407 e. The van der Waals surface area contributed by atoms with Gasteiger partial charge in [0.25, 0.3) is 0 Å². The van der Waals surface area contributed by atoms with E-state index in [1.807, 2.05) is 24.3 Å². The van der Waals surface area contributed by atoms with Gasteiger partial charge in [-0.1, -0.05) is 6.07 Å². The monoisotopic (exact) mass is 453 g/mol. The molecule has 3 aromatic rings. The van der Waals surface area contributed by atoms with Crippen LogP contribution >= 0.6 is 0 Å². The minimum atomic E-state index is -0.910. The maximum Gasteiger partial charge on any atom is 0.407 e. The second-order valence-corrected chi connectivity index (χ2v) is 7.52. The van der Waals surface area contributed by atoms with Crippen molar-refractivity contribution in [2.75, 3.05) is 58.1 Å². The fraction of sp³-hybridized carbons (Fsp3) is 0.375. The highest BCUT2D eigenvalue weighted by atomic mass is 16.5. The van der Waals surface area contributed by atoms with Gasteiger partial charge in [0, 0.05) is 63.2 Å². The summed E-state index contributed by atoms with van der Waals surface area (Å²) in [6.45, 7) is 2.07. The van der Waals surface area contributed by atoms with E-state index in [1.54, 1.807) is 27.5 Å². The van der Waals surface area contributed by atoms with E-state index in [0.29, 0.717) is 45.0 Å². The number of anilines is 2. The van der Waals surface area contributed by atoms with Crippen molar-refractivity contribution in [1.29, 1.82) is 0 Å². The van der Waals surface area contributed by atoms with Crippen molar-refractivity contribution in [2.45, 2.75) is 12.8 Å². The summed E-state index contributed by atoms with van der Waals surface area (Å²) in [6.07, 6.45) is 2.17. The molecule has 1 aromatic heterocycles. The number of nitrogens with one attached hydrogen (secondary N) is 2. The van der Waals surface area contributed by atoms with E-state index in [1.165, 1.54) is 4.90 Å². The maximum absolute atomic E-state index is 11.5. The van der Waals surface area contributed by atoms with Crippen LogP contribution in [0.25, 0.3) is 22.0 Å².